The maximum absolute atomic E-state index is 5.45. The van der Waals surface area contributed by atoms with E-state index >= 15 is 0 Å². The lowest BCUT2D eigenvalue weighted by Gasteiger charge is -2.17. The fraction of sp³-hybridized carbons (Fsp3) is 0. The summed E-state index contributed by atoms with van der Waals surface area (Å²) in [5.41, 5.74) is 9.51. The van der Waals surface area contributed by atoms with Crippen LogP contribution in [0, 0.1) is 0 Å². The van der Waals surface area contributed by atoms with Crippen molar-refractivity contribution in [2.45, 2.75) is 0 Å². The van der Waals surface area contributed by atoms with Crippen LogP contribution < -0.4 is 0 Å². The molecule has 3 heteroatoms. The molecule has 3 nitrogen and oxygen atoms in total. The number of benzene rings is 9. The van der Waals surface area contributed by atoms with Crippen LogP contribution >= 0.6 is 0 Å². The number of aromatic nitrogens is 3. The third-order valence-corrected chi connectivity index (χ3v) is 10.3. The van der Waals surface area contributed by atoms with Gasteiger partial charge in [-0.15, -0.1) is 0 Å². The lowest BCUT2D eigenvalue weighted by Crippen LogP contribution is -2.03. The Morgan fingerprint density at radius 3 is 1.46 bits per heavy atom. The highest BCUT2D eigenvalue weighted by molar-refractivity contribution is 6.19. The number of rotatable bonds is 6. The van der Waals surface area contributed by atoms with Gasteiger partial charge in [0.05, 0.1) is 0 Å². The van der Waals surface area contributed by atoms with Crippen LogP contribution in [0.15, 0.2) is 200 Å². The second kappa shape index (κ2) is 13.4. The molecular weight excluding hydrogens is 655 g/mol. The molecular formula is C51H33N3. The molecule has 0 radical (unpaired) electrons. The monoisotopic (exact) mass is 687 g/mol. The van der Waals surface area contributed by atoms with Crippen molar-refractivity contribution in [3.05, 3.63) is 200 Å². The molecule has 252 valence electrons. The zero-order valence-corrected chi connectivity index (χ0v) is 29.4. The van der Waals surface area contributed by atoms with Crippen molar-refractivity contribution in [3.8, 4) is 67.5 Å². The van der Waals surface area contributed by atoms with Crippen molar-refractivity contribution in [2.24, 2.45) is 0 Å². The lowest BCUT2D eigenvalue weighted by molar-refractivity contribution is 1.08. The van der Waals surface area contributed by atoms with Crippen LogP contribution in [0.1, 0.15) is 0 Å². The van der Waals surface area contributed by atoms with E-state index in [0.717, 1.165) is 66.2 Å². The number of nitrogens with zero attached hydrogens (tertiary/aromatic N) is 3. The van der Waals surface area contributed by atoms with E-state index in [1.807, 2.05) is 6.07 Å². The fourth-order valence-electron chi connectivity index (χ4n) is 7.74. The van der Waals surface area contributed by atoms with Crippen LogP contribution in [0.3, 0.4) is 0 Å². The minimum atomic E-state index is 0.623. The highest BCUT2D eigenvalue weighted by atomic mass is 15.0. The largest absolute Gasteiger partial charge is 0.208 e. The molecule has 0 bridgehead atoms. The summed E-state index contributed by atoms with van der Waals surface area (Å²) >= 11 is 0. The van der Waals surface area contributed by atoms with Gasteiger partial charge in [-0.05, 0) is 83.9 Å². The SMILES string of the molecule is c1ccc(-c2ccc(-c3nc(-c4ccccc4-c4ccccc4)nc(-c4c5ccccc5cc5c4ccc4ccccc45)n3)c(-c3ccccc3)c2)cc1. The van der Waals surface area contributed by atoms with E-state index in [9.17, 15) is 0 Å². The number of fused-ring (bicyclic) bond motifs is 4. The van der Waals surface area contributed by atoms with Crippen molar-refractivity contribution < 1.29 is 0 Å². The van der Waals surface area contributed by atoms with Crippen molar-refractivity contribution in [3.63, 3.8) is 0 Å². The van der Waals surface area contributed by atoms with E-state index in [4.69, 9.17) is 15.0 Å². The van der Waals surface area contributed by atoms with Crippen molar-refractivity contribution >= 4 is 32.3 Å². The van der Waals surface area contributed by atoms with E-state index in [1.165, 1.54) is 16.2 Å². The highest BCUT2D eigenvalue weighted by Crippen LogP contribution is 2.41. The molecule has 0 aliphatic rings. The Balaban J connectivity index is 1.30. The smallest absolute Gasteiger partial charge is 0.165 e. The van der Waals surface area contributed by atoms with Crippen molar-refractivity contribution in [1.29, 1.82) is 0 Å². The van der Waals surface area contributed by atoms with Gasteiger partial charge in [-0.2, -0.15) is 0 Å². The molecule has 0 amide bonds. The van der Waals surface area contributed by atoms with Gasteiger partial charge < -0.3 is 0 Å². The normalized spacial score (nSPS) is 11.3. The summed E-state index contributed by atoms with van der Waals surface area (Å²) in [7, 11) is 0. The third-order valence-electron chi connectivity index (χ3n) is 10.3. The van der Waals surface area contributed by atoms with Crippen LogP contribution in [-0.4, -0.2) is 15.0 Å². The Bertz CT molecular complexity index is 2970. The average Bonchev–Trinajstić information content (AvgIpc) is 3.26. The predicted octanol–water partition coefficient (Wildman–Crippen LogP) is 13.3. The molecule has 0 aliphatic heterocycles. The van der Waals surface area contributed by atoms with Gasteiger partial charge >= 0.3 is 0 Å². The minimum absolute atomic E-state index is 0.623. The van der Waals surface area contributed by atoms with Crippen LogP contribution in [0.5, 0.6) is 0 Å². The summed E-state index contributed by atoms with van der Waals surface area (Å²) in [6.07, 6.45) is 0. The van der Waals surface area contributed by atoms with E-state index in [2.05, 4.69) is 194 Å². The number of hydrogen-bond donors (Lipinski definition) is 0. The summed E-state index contributed by atoms with van der Waals surface area (Å²) in [6, 6.07) is 70.5. The molecule has 1 aromatic heterocycles. The summed E-state index contributed by atoms with van der Waals surface area (Å²) in [5, 5.41) is 6.92. The summed E-state index contributed by atoms with van der Waals surface area (Å²) in [6.45, 7) is 0. The molecule has 0 aliphatic carbocycles. The Labute approximate surface area is 313 Å². The van der Waals surface area contributed by atoms with Crippen LogP contribution in [0.25, 0.3) is 99.9 Å². The molecule has 10 aromatic rings. The van der Waals surface area contributed by atoms with E-state index in [0.29, 0.717) is 17.5 Å². The van der Waals surface area contributed by atoms with Crippen LogP contribution in [0.4, 0.5) is 0 Å². The molecule has 9 aromatic carbocycles. The van der Waals surface area contributed by atoms with Crippen molar-refractivity contribution in [1.82, 2.24) is 15.0 Å². The van der Waals surface area contributed by atoms with E-state index in [1.54, 1.807) is 0 Å². The summed E-state index contributed by atoms with van der Waals surface area (Å²) < 4.78 is 0. The molecule has 0 unspecified atom stereocenters. The Kier molecular flexibility index (Phi) is 7.81. The lowest BCUT2D eigenvalue weighted by atomic mass is 9.92. The summed E-state index contributed by atoms with van der Waals surface area (Å²) in [5.74, 6) is 1.89. The number of hydrogen-bond acceptors (Lipinski definition) is 3. The maximum atomic E-state index is 5.45. The van der Waals surface area contributed by atoms with E-state index < -0.39 is 0 Å². The second-order valence-electron chi connectivity index (χ2n) is 13.6. The van der Waals surface area contributed by atoms with Gasteiger partial charge in [-0.25, -0.2) is 15.0 Å². The average molecular weight is 688 g/mol. The van der Waals surface area contributed by atoms with Gasteiger partial charge in [0.15, 0.2) is 17.5 Å². The Morgan fingerprint density at radius 1 is 0.241 bits per heavy atom. The fourth-order valence-corrected chi connectivity index (χ4v) is 7.74. The molecule has 10 rings (SSSR count). The topological polar surface area (TPSA) is 38.7 Å². The third kappa shape index (κ3) is 5.60. The van der Waals surface area contributed by atoms with Gasteiger partial charge in [0.25, 0.3) is 0 Å². The first-order valence-corrected chi connectivity index (χ1v) is 18.3. The van der Waals surface area contributed by atoms with Crippen LogP contribution in [-0.2, 0) is 0 Å². The Morgan fingerprint density at radius 2 is 0.759 bits per heavy atom. The van der Waals surface area contributed by atoms with Gasteiger partial charge in [0.1, 0.15) is 0 Å². The molecule has 0 saturated carbocycles. The zero-order chi connectivity index (χ0) is 35.8. The second-order valence-corrected chi connectivity index (χ2v) is 13.6. The van der Waals surface area contributed by atoms with Gasteiger partial charge in [-0.1, -0.05) is 182 Å². The van der Waals surface area contributed by atoms with Gasteiger partial charge in [0.2, 0.25) is 0 Å². The zero-order valence-electron chi connectivity index (χ0n) is 29.4. The Hall–Kier alpha value is -7.23. The molecule has 1 heterocycles. The highest BCUT2D eigenvalue weighted by Gasteiger charge is 2.21. The van der Waals surface area contributed by atoms with Crippen LogP contribution in [0.2, 0.25) is 0 Å². The first-order chi connectivity index (χ1) is 26.8. The van der Waals surface area contributed by atoms with Gasteiger partial charge in [-0.3, -0.25) is 0 Å². The molecule has 0 spiro atoms. The quantitative estimate of drug-likeness (QED) is 0.129. The predicted molar refractivity (Wildman–Crippen MR) is 225 cm³/mol. The first-order valence-electron chi connectivity index (χ1n) is 18.3. The first kappa shape index (κ1) is 31.5. The molecule has 0 fully saturated rings. The molecule has 0 saturated heterocycles. The minimum Gasteiger partial charge on any atom is -0.208 e. The van der Waals surface area contributed by atoms with Gasteiger partial charge in [0, 0.05) is 16.7 Å². The molecule has 0 N–H and O–H groups in total. The van der Waals surface area contributed by atoms with E-state index in [-0.39, 0.29) is 0 Å². The van der Waals surface area contributed by atoms with Crippen molar-refractivity contribution in [2.75, 3.05) is 0 Å². The standard InChI is InChI=1S/C51H33N3/c1-4-16-34(17-5-1)38-29-31-45(46(32-38)36-20-8-3-9-21-36)50-52-49(44-27-15-14-24-40(44)35-18-6-2-7-19-35)53-51(54-50)48-42-26-13-11-23-39(42)33-47-41-25-12-10-22-37(41)28-30-43(47)48/h1-33H. The maximum Gasteiger partial charge on any atom is 0.165 e. The summed E-state index contributed by atoms with van der Waals surface area (Å²) in [4.78, 5) is 16.2. The molecule has 54 heavy (non-hydrogen) atoms. The molecule has 0 atom stereocenters.